The van der Waals surface area contributed by atoms with Crippen LogP contribution in [0.2, 0.25) is 10.0 Å². The number of aliphatic imine (C=N–C) groups is 1. The minimum atomic E-state index is -0.974. The Labute approximate surface area is 136 Å². The maximum atomic E-state index is 12.3. The van der Waals surface area contributed by atoms with Crippen molar-refractivity contribution in [1.82, 2.24) is 10.2 Å². The summed E-state index contributed by atoms with van der Waals surface area (Å²) < 4.78 is 0. The summed E-state index contributed by atoms with van der Waals surface area (Å²) in [6.07, 6.45) is -0.252. The molecule has 1 aromatic rings. The number of rotatable bonds is 1. The van der Waals surface area contributed by atoms with E-state index in [4.69, 9.17) is 28.3 Å². The molecule has 0 aliphatic carbocycles. The maximum absolute atomic E-state index is 12.3. The molecule has 8 heteroatoms. The largest absolute Gasteiger partial charge is 0.465 e. The third-order valence-corrected chi connectivity index (χ3v) is 4.58. The molecule has 1 saturated heterocycles. The Morgan fingerprint density at radius 1 is 1.32 bits per heavy atom. The molecular weight excluding hydrogens is 329 g/mol. The molecule has 1 fully saturated rings. The Bertz CT molecular complexity index is 682. The SMILES string of the molecule is O=C(O)N1CCC2(CC1)N=C(c1ccc(Cl)cc1Cl)NC2=O. The molecule has 2 amide bonds. The monoisotopic (exact) mass is 341 g/mol. The Kier molecular flexibility index (Phi) is 3.74. The van der Waals surface area contributed by atoms with E-state index in [0.29, 0.717) is 34.3 Å². The van der Waals surface area contributed by atoms with Crippen molar-refractivity contribution in [1.29, 1.82) is 0 Å². The van der Waals surface area contributed by atoms with Crippen molar-refractivity contribution in [3.63, 3.8) is 0 Å². The number of nitrogens with one attached hydrogen (secondary N) is 1. The minimum Gasteiger partial charge on any atom is -0.465 e. The molecule has 6 nitrogen and oxygen atoms in total. The second-order valence-electron chi connectivity index (χ2n) is 5.34. The van der Waals surface area contributed by atoms with E-state index >= 15 is 0 Å². The van der Waals surface area contributed by atoms with Crippen molar-refractivity contribution in [2.75, 3.05) is 13.1 Å². The van der Waals surface area contributed by atoms with Gasteiger partial charge in [0.15, 0.2) is 0 Å². The first-order valence-electron chi connectivity index (χ1n) is 6.76. The van der Waals surface area contributed by atoms with Gasteiger partial charge in [0.25, 0.3) is 5.91 Å². The van der Waals surface area contributed by atoms with Crippen LogP contribution in [0.1, 0.15) is 18.4 Å². The predicted molar refractivity (Wildman–Crippen MR) is 82.7 cm³/mol. The zero-order valence-corrected chi connectivity index (χ0v) is 13.0. The van der Waals surface area contributed by atoms with Gasteiger partial charge < -0.3 is 15.3 Å². The van der Waals surface area contributed by atoms with E-state index in [1.165, 1.54) is 4.90 Å². The van der Waals surface area contributed by atoms with Crippen LogP contribution in [0.4, 0.5) is 4.79 Å². The molecule has 0 bridgehead atoms. The number of nitrogens with zero attached hydrogens (tertiary/aromatic N) is 2. The first-order valence-corrected chi connectivity index (χ1v) is 7.51. The standard InChI is InChI=1S/C14H13Cl2N3O3/c15-8-1-2-9(10(16)7-8)11-17-12(20)14(18-11)3-5-19(6-4-14)13(21)22/h1-2,7H,3-6H2,(H,21,22)(H,17,18,20). The van der Waals surface area contributed by atoms with Gasteiger partial charge in [-0.3, -0.25) is 9.79 Å². The lowest BCUT2D eigenvalue weighted by molar-refractivity contribution is -0.125. The maximum Gasteiger partial charge on any atom is 0.407 e. The molecule has 2 aliphatic heterocycles. The Morgan fingerprint density at radius 3 is 2.59 bits per heavy atom. The van der Waals surface area contributed by atoms with E-state index in [1.54, 1.807) is 18.2 Å². The summed E-state index contributed by atoms with van der Waals surface area (Å²) in [6.45, 7) is 0.571. The zero-order valence-electron chi connectivity index (χ0n) is 11.5. The molecule has 3 rings (SSSR count). The van der Waals surface area contributed by atoms with Crippen molar-refractivity contribution in [3.8, 4) is 0 Å². The second-order valence-corrected chi connectivity index (χ2v) is 6.18. The fourth-order valence-corrected chi connectivity index (χ4v) is 3.23. The van der Waals surface area contributed by atoms with Gasteiger partial charge in [0.2, 0.25) is 0 Å². The fraction of sp³-hybridized carbons (Fsp3) is 0.357. The Hall–Kier alpha value is -1.79. The van der Waals surface area contributed by atoms with Crippen LogP contribution in [-0.2, 0) is 4.79 Å². The molecular formula is C14H13Cl2N3O3. The summed E-state index contributed by atoms with van der Waals surface area (Å²) in [6, 6.07) is 4.97. The normalized spacial score (nSPS) is 20.0. The van der Waals surface area contributed by atoms with Crippen molar-refractivity contribution in [2.24, 2.45) is 4.99 Å². The van der Waals surface area contributed by atoms with Gasteiger partial charge in [0.05, 0.1) is 5.02 Å². The summed E-state index contributed by atoms with van der Waals surface area (Å²) in [5.41, 5.74) is -0.290. The molecule has 0 atom stereocenters. The molecule has 22 heavy (non-hydrogen) atoms. The Morgan fingerprint density at radius 2 is 2.00 bits per heavy atom. The van der Waals surface area contributed by atoms with Crippen molar-refractivity contribution < 1.29 is 14.7 Å². The summed E-state index contributed by atoms with van der Waals surface area (Å²) in [5.74, 6) is 0.203. The summed E-state index contributed by atoms with van der Waals surface area (Å²) in [5, 5.41) is 12.7. The third kappa shape index (κ3) is 2.53. The van der Waals surface area contributed by atoms with E-state index in [-0.39, 0.29) is 19.0 Å². The fourth-order valence-electron chi connectivity index (χ4n) is 2.73. The molecule has 1 aromatic carbocycles. The average Bonchev–Trinajstić information content (AvgIpc) is 2.76. The van der Waals surface area contributed by atoms with Crippen LogP contribution < -0.4 is 5.32 Å². The number of likely N-dealkylation sites (tertiary alicyclic amines) is 1. The van der Waals surface area contributed by atoms with E-state index in [2.05, 4.69) is 10.3 Å². The highest BCUT2D eigenvalue weighted by atomic mass is 35.5. The van der Waals surface area contributed by atoms with Gasteiger partial charge in [-0.15, -0.1) is 0 Å². The van der Waals surface area contributed by atoms with E-state index in [1.807, 2.05) is 0 Å². The molecule has 0 radical (unpaired) electrons. The number of amides is 2. The van der Waals surface area contributed by atoms with Gasteiger partial charge in [-0.05, 0) is 31.0 Å². The van der Waals surface area contributed by atoms with Crippen LogP contribution in [0.15, 0.2) is 23.2 Å². The molecule has 0 unspecified atom stereocenters. The quantitative estimate of drug-likeness (QED) is 0.822. The van der Waals surface area contributed by atoms with Gasteiger partial charge >= 0.3 is 6.09 Å². The molecule has 2 N–H and O–H groups in total. The lowest BCUT2D eigenvalue weighted by Crippen LogP contribution is -2.50. The summed E-state index contributed by atoms with van der Waals surface area (Å²) in [4.78, 5) is 29.1. The Balaban J connectivity index is 1.87. The molecule has 0 saturated carbocycles. The number of hydrogen-bond donors (Lipinski definition) is 2. The molecule has 2 aliphatic rings. The van der Waals surface area contributed by atoms with Gasteiger partial charge in [0.1, 0.15) is 11.4 Å². The lowest BCUT2D eigenvalue weighted by Gasteiger charge is -2.33. The number of hydrogen-bond acceptors (Lipinski definition) is 3. The zero-order chi connectivity index (χ0) is 15.9. The van der Waals surface area contributed by atoms with Crippen LogP contribution in [0.3, 0.4) is 0 Å². The molecule has 2 heterocycles. The number of carbonyl (C=O) groups is 2. The highest BCUT2D eigenvalue weighted by molar-refractivity contribution is 6.37. The van der Waals surface area contributed by atoms with Gasteiger partial charge in [-0.2, -0.15) is 0 Å². The first kappa shape index (κ1) is 15.1. The number of amidine groups is 1. The van der Waals surface area contributed by atoms with Gasteiger partial charge in [-0.25, -0.2) is 4.79 Å². The number of carbonyl (C=O) groups excluding carboxylic acids is 1. The van der Waals surface area contributed by atoms with Crippen LogP contribution in [0, 0.1) is 0 Å². The van der Waals surface area contributed by atoms with Gasteiger partial charge in [-0.1, -0.05) is 23.2 Å². The number of piperidine rings is 1. The van der Waals surface area contributed by atoms with Crippen molar-refractivity contribution in [3.05, 3.63) is 33.8 Å². The number of carboxylic acid groups (broad SMARTS) is 1. The van der Waals surface area contributed by atoms with E-state index in [9.17, 15) is 9.59 Å². The number of halogens is 2. The summed E-state index contributed by atoms with van der Waals surface area (Å²) >= 11 is 12.0. The second kappa shape index (κ2) is 5.44. The van der Waals surface area contributed by atoms with Crippen LogP contribution in [0.25, 0.3) is 0 Å². The lowest BCUT2D eigenvalue weighted by atomic mass is 9.88. The van der Waals surface area contributed by atoms with Crippen LogP contribution in [0.5, 0.6) is 0 Å². The number of benzene rings is 1. The highest BCUT2D eigenvalue weighted by Crippen LogP contribution is 2.32. The topological polar surface area (TPSA) is 82.0 Å². The van der Waals surface area contributed by atoms with E-state index in [0.717, 1.165) is 0 Å². The molecule has 116 valence electrons. The first-order chi connectivity index (χ1) is 10.4. The van der Waals surface area contributed by atoms with Crippen LogP contribution in [-0.4, -0.2) is 46.5 Å². The molecule has 1 spiro atoms. The molecule has 0 aromatic heterocycles. The van der Waals surface area contributed by atoms with Gasteiger partial charge in [0, 0.05) is 23.7 Å². The van der Waals surface area contributed by atoms with Crippen molar-refractivity contribution in [2.45, 2.75) is 18.4 Å². The predicted octanol–water partition coefficient (Wildman–Crippen LogP) is 2.38. The van der Waals surface area contributed by atoms with E-state index < -0.39 is 11.6 Å². The average molecular weight is 342 g/mol. The summed E-state index contributed by atoms with van der Waals surface area (Å²) in [7, 11) is 0. The van der Waals surface area contributed by atoms with Crippen molar-refractivity contribution >= 4 is 41.0 Å². The highest BCUT2D eigenvalue weighted by Gasteiger charge is 2.46. The third-order valence-electron chi connectivity index (χ3n) is 4.03. The minimum absolute atomic E-state index is 0.210. The van der Waals surface area contributed by atoms with Crippen LogP contribution >= 0.6 is 23.2 Å². The smallest absolute Gasteiger partial charge is 0.407 e.